The second-order valence-corrected chi connectivity index (χ2v) is 9.79. The summed E-state index contributed by atoms with van der Waals surface area (Å²) in [5.74, 6) is 2.84. The number of quaternary nitrogens is 1. The number of nitrogens with one attached hydrogen (secondary N) is 2. The maximum Gasteiger partial charge on any atom is 0.319 e. The molecule has 0 spiro atoms. The first kappa shape index (κ1) is 27.1. The molecular weight excluding hydrogens is 457 g/mol. The van der Waals surface area contributed by atoms with Crippen molar-refractivity contribution >= 4 is 23.3 Å². The number of ketones is 2. The van der Waals surface area contributed by atoms with Gasteiger partial charge in [-0.15, -0.1) is 6.42 Å². The van der Waals surface area contributed by atoms with Crippen LogP contribution in [0.3, 0.4) is 0 Å². The smallest absolute Gasteiger partial charge is 0.319 e. The largest absolute Gasteiger partial charge is 0.338 e. The molecule has 1 heterocycles. The number of piperidine rings is 1. The van der Waals surface area contributed by atoms with Crippen LogP contribution in [0.15, 0.2) is 42.5 Å². The number of anilines is 1. The molecule has 1 aliphatic rings. The molecule has 2 N–H and O–H groups in total. The van der Waals surface area contributed by atoms with E-state index in [0.717, 1.165) is 55.4 Å². The molecule has 36 heavy (non-hydrogen) atoms. The Morgan fingerprint density at radius 3 is 2.19 bits per heavy atom. The molecule has 1 fully saturated rings. The van der Waals surface area contributed by atoms with Crippen LogP contribution in [0.1, 0.15) is 59.4 Å². The van der Waals surface area contributed by atoms with Gasteiger partial charge in [0.15, 0.2) is 11.6 Å². The summed E-state index contributed by atoms with van der Waals surface area (Å²) in [6.07, 6.45) is 9.56. The highest BCUT2D eigenvalue weighted by Crippen LogP contribution is 2.27. The number of nitrogens with zero attached hydrogens (tertiary/aromatic N) is 1. The standard InChI is InChI=1S/C29H34FN3O3/c1-4-13-33(15-10-24(11-16-33)17-23-6-8-27(30)9-7-23)14-5-12-31-29(36)32-28-19-25(21(2)34)18-26(20-28)22(3)35/h1,6-9,18-20,24H,5,10-17H2,2-3H3,(H-,31,32,36)/p+1. The van der Waals surface area contributed by atoms with E-state index in [1.807, 2.05) is 12.1 Å². The molecule has 0 unspecified atom stereocenters. The van der Waals surface area contributed by atoms with Gasteiger partial charge in [-0.3, -0.25) is 9.59 Å². The van der Waals surface area contributed by atoms with Gasteiger partial charge in [0.05, 0.1) is 19.6 Å². The van der Waals surface area contributed by atoms with Crippen molar-refractivity contribution in [2.45, 2.75) is 39.5 Å². The van der Waals surface area contributed by atoms with Gasteiger partial charge in [0.25, 0.3) is 0 Å². The van der Waals surface area contributed by atoms with Crippen molar-refractivity contribution in [1.82, 2.24) is 5.32 Å². The second kappa shape index (κ2) is 12.5. The highest BCUT2D eigenvalue weighted by Gasteiger charge is 2.32. The molecule has 6 nitrogen and oxygen atoms in total. The van der Waals surface area contributed by atoms with Crippen LogP contribution in [0, 0.1) is 24.1 Å². The highest BCUT2D eigenvalue weighted by molar-refractivity contribution is 6.02. The predicted molar refractivity (Wildman–Crippen MR) is 139 cm³/mol. The van der Waals surface area contributed by atoms with Gasteiger partial charge >= 0.3 is 6.03 Å². The monoisotopic (exact) mass is 492 g/mol. The average Bonchev–Trinajstić information content (AvgIpc) is 2.84. The minimum Gasteiger partial charge on any atom is -0.338 e. The third-order valence-electron chi connectivity index (χ3n) is 6.99. The Labute approximate surface area is 212 Å². The van der Waals surface area contributed by atoms with E-state index in [9.17, 15) is 18.8 Å². The number of likely N-dealkylation sites (tertiary alicyclic amines) is 1. The van der Waals surface area contributed by atoms with Crippen molar-refractivity contribution in [3.05, 3.63) is 65.0 Å². The summed E-state index contributed by atoms with van der Waals surface area (Å²) >= 11 is 0. The third-order valence-corrected chi connectivity index (χ3v) is 6.99. The van der Waals surface area contributed by atoms with E-state index < -0.39 is 0 Å². The van der Waals surface area contributed by atoms with Crippen molar-refractivity contribution in [3.8, 4) is 12.3 Å². The van der Waals surface area contributed by atoms with Gasteiger partial charge < -0.3 is 15.1 Å². The number of carbonyl (C=O) groups is 3. The van der Waals surface area contributed by atoms with Crippen LogP contribution in [0.2, 0.25) is 0 Å². The molecule has 0 atom stereocenters. The lowest BCUT2D eigenvalue weighted by Gasteiger charge is -2.42. The van der Waals surface area contributed by atoms with Crippen LogP contribution in [0.25, 0.3) is 0 Å². The number of terminal acetylenes is 1. The van der Waals surface area contributed by atoms with Gasteiger partial charge in [0.2, 0.25) is 0 Å². The molecular formula is C29H35FN3O3+. The van der Waals surface area contributed by atoms with E-state index in [1.165, 1.54) is 32.0 Å². The van der Waals surface area contributed by atoms with Gasteiger partial charge in [-0.1, -0.05) is 12.1 Å². The molecule has 2 aromatic rings. The molecule has 7 heteroatoms. The molecule has 2 aromatic carbocycles. The number of Topliss-reactive ketones (excluding diaryl/α,β-unsaturated/α-hetero) is 2. The van der Waals surface area contributed by atoms with Gasteiger partial charge in [0.1, 0.15) is 12.4 Å². The zero-order chi connectivity index (χ0) is 26.1. The number of urea groups is 1. The maximum absolute atomic E-state index is 13.2. The number of benzene rings is 2. The number of halogens is 1. The average molecular weight is 493 g/mol. The van der Waals surface area contributed by atoms with Gasteiger partial charge in [-0.05, 0) is 80.8 Å². The van der Waals surface area contributed by atoms with Gasteiger partial charge in [-0.2, -0.15) is 0 Å². The van der Waals surface area contributed by atoms with E-state index in [2.05, 4.69) is 16.6 Å². The molecule has 1 aliphatic heterocycles. The SMILES string of the molecule is C#CC[N+]1(CCCNC(=O)Nc2cc(C(C)=O)cc(C(C)=O)c2)CCC(Cc2ccc(F)cc2)CC1. The Kier molecular flexibility index (Phi) is 9.38. The summed E-state index contributed by atoms with van der Waals surface area (Å²) < 4.78 is 14.0. The van der Waals surface area contributed by atoms with Crippen molar-refractivity contribution in [2.75, 3.05) is 38.0 Å². The first-order chi connectivity index (χ1) is 17.2. The van der Waals surface area contributed by atoms with Gasteiger partial charge in [0, 0.05) is 29.8 Å². The van der Waals surface area contributed by atoms with E-state index in [0.29, 0.717) is 35.8 Å². The second-order valence-electron chi connectivity index (χ2n) is 9.79. The fourth-order valence-electron chi connectivity index (χ4n) is 4.88. The van der Waals surface area contributed by atoms with E-state index >= 15 is 0 Å². The molecule has 0 aromatic heterocycles. The molecule has 0 bridgehead atoms. The van der Waals surface area contributed by atoms with Crippen molar-refractivity contribution in [1.29, 1.82) is 0 Å². The summed E-state index contributed by atoms with van der Waals surface area (Å²) in [5.41, 5.74) is 2.32. The Morgan fingerprint density at radius 2 is 1.64 bits per heavy atom. The normalized spacial score (nSPS) is 19.2. The summed E-state index contributed by atoms with van der Waals surface area (Å²) in [7, 11) is 0. The fraction of sp³-hybridized carbons (Fsp3) is 0.414. The molecule has 0 aliphatic carbocycles. The van der Waals surface area contributed by atoms with Crippen LogP contribution in [-0.4, -0.2) is 54.8 Å². The molecule has 2 amide bonds. The Morgan fingerprint density at radius 1 is 1.03 bits per heavy atom. The molecule has 0 radical (unpaired) electrons. The first-order valence-corrected chi connectivity index (χ1v) is 12.4. The van der Waals surface area contributed by atoms with Crippen LogP contribution in [-0.2, 0) is 6.42 Å². The lowest BCUT2D eigenvalue weighted by molar-refractivity contribution is -0.927. The topological polar surface area (TPSA) is 75.3 Å². The van der Waals surface area contributed by atoms with Crippen LogP contribution in [0.5, 0.6) is 0 Å². The Hall–Kier alpha value is -3.50. The highest BCUT2D eigenvalue weighted by atomic mass is 19.1. The van der Waals surface area contributed by atoms with Crippen molar-refractivity contribution < 1.29 is 23.3 Å². The van der Waals surface area contributed by atoms with Crippen LogP contribution < -0.4 is 10.6 Å². The zero-order valence-corrected chi connectivity index (χ0v) is 21.1. The van der Waals surface area contributed by atoms with Crippen molar-refractivity contribution in [3.63, 3.8) is 0 Å². The third kappa shape index (κ3) is 7.76. The number of hydrogen-bond donors (Lipinski definition) is 2. The number of rotatable bonds is 10. The minimum absolute atomic E-state index is 0.175. The number of carbonyl (C=O) groups excluding carboxylic acids is 3. The summed E-state index contributed by atoms with van der Waals surface area (Å²) in [6, 6.07) is 11.0. The summed E-state index contributed by atoms with van der Waals surface area (Å²) in [4.78, 5) is 35.9. The summed E-state index contributed by atoms with van der Waals surface area (Å²) in [5, 5.41) is 5.58. The first-order valence-electron chi connectivity index (χ1n) is 12.4. The molecule has 0 saturated carbocycles. The lowest BCUT2D eigenvalue weighted by Crippen LogP contribution is -2.54. The zero-order valence-electron chi connectivity index (χ0n) is 21.1. The number of hydrogen-bond acceptors (Lipinski definition) is 3. The molecule has 3 rings (SSSR count). The lowest BCUT2D eigenvalue weighted by atomic mass is 9.88. The predicted octanol–water partition coefficient (Wildman–Crippen LogP) is 4.85. The van der Waals surface area contributed by atoms with Crippen molar-refractivity contribution in [2.24, 2.45) is 5.92 Å². The Balaban J connectivity index is 1.47. The van der Waals surface area contributed by atoms with Crippen LogP contribution in [0.4, 0.5) is 14.9 Å². The van der Waals surface area contributed by atoms with Crippen LogP contribution >= 0.6 is 0 Å². The Bertz CT molecular complexity index is 1100. The number of amides is 2. The molecule has 1 saturated heterocycles. The quantitative estimate of drug-likeness (QED) is 0.216. The van der Waals surface area contributed by atoms with E-state index in [1.54, 1.807) is 12.1 Å². The van der Waals surface area contributed by atoms with E-state index in [-0.39, 0.29) is 23.4 Å². The summed E-state index contributed by atoms with van der Waals surface area (Å²) in [6.45, 7) is 6.86. The fourth-order valence-corrected chi connectivity index (χ4v) is 4.88. The molecule has 190 valence electrons. The minimum atomic E-state index is -0.383. The van der Waals surface area contributed by atoms with Gasteiger partial charge in [-0.25, -0.2) is 9.18 Å². The van der Waals surface area contributed by atoms with E-state index in [4.69, 9.17) is 6.42 Å². The maximum atomic E-state index is 13.2.